The zero-order valence-electron chi connectivity index (χ0n) is 21.3. The Kier molecular flexibility index (Phi) is 7.88. The van der Waals surface area contributed by atoms with Gasteiger partial charge in [-0.3, -0.25) is 24.4 Å². The molecule has 1 fully saturated rings. The van der Waals surface area contributed by atoms with Crippen LogP contribution >= 0.6 is 11.6 Å². The van der Waals surface area contributed by atoms with Gasteiger partial charge in [0.1, 0.15) is 5.82 Å². The number of rotatable bonds is 7. The van der Waals surface area contributed by atoms with E-state index in [1.54, 1.807) is 27.9 Å². The summed E-state index contributed by atoms with van der Waals surface area (Å²) in [4.78, 5) is 38.0. The molecule has 1 saturated heterocycles. The molecule has 0 bridgehead atoms. The lowest BCUT2D eigenvalue weighted by Crippen LogP contribution is -2.39. The quantitative estimate of drug-likeness (QED) is 0.223. The minimum absolute atomic E-state index is 0.0178. The second kappa shape index (κ2) is 11.7. The van der Waals surface area contributed by atoms with Crippen LogP contribution in [0.25, 0.3) is 11.1 Å². The van der Waals surface area contributed by atoms with Crippen molar-refractivity contribution < 1.29 is 18.9 Å². The molecule has 1 N–H and O–H groups in total. The highest BCUT2D eigenvalue weighted by Gasteiger charge is 2.26. The monoisotopic (exact) mass is 561 g/mol. The number of benzene rings is 3. The molecule has 3 aromatic carbocycles. The maximum Gasteiger partial charge on any atom is 0.274 e. The Morgan fingerprint density at radius 3 is 2.52 bits per heavy atom. The van der Waals surface area contributed by atoms with Crippen molar-refractivity contribution in [3.63, 3.8) is 0 Å². The van der Waals surface area contributed by atoms with Gasteiger partial charge in [0.05, 0.1) is 29.3 Å². The fraction of sp³-hybridized carbons (Fsp3) is 0.207. The molecule has 0 saturated carbocycles. The van der Waals surface area contributed by atoms with Gasteiger partial charge >= 0.3 is 0 Å². The molecular formula is C29H25ClFN5O4. The van der Waals surface area contributed by atoms with Gasteiger partial charge < -0.3 is 10.2 Å². The molecule has 40 heavy (non-hydrogen) atoms. The lowest BCUT2D eigenvalue weighted by molar-refractivity contribution is -0.385. The Labute approximate surface area is 234 Å². The summed E-state index contributed by atoms with van der Waals surface area (Å²) in [5.74, 6) is -1.08. The molecule has 4 aromatic rings. The Morgan fingerprint density at radius 1 is 1.07 bits per heavy atom. The van der Waals surface area contributed by atoms with Gasteiger partial charge in [0.2, 0.25) is 5.91 Å². The number of hydrogen-bond donors (Lipinski definition) is 1. The Bertz CT molecular complexity index is 1570. The third-order valence-corrected chi connectivity index (χ3v) is 7.14. The Hall–Kier alpha value is -4.57. The number of aromatic nitrogens is 2. The van der Waals surface area contributed by atoms with E-state index in [0.717, 1.165) is 5.56 Å². The number of carbonyl (C=O) groups excluding carboxylic acids is 2. The van der Waals surface area contributed by atoms with Gasteiger partial charge in [-0.2, -0.15) is 5.10 Å². The predicted molar refractivity (Wildman–Crippen MR) is 149 cm³/mol. The molecule has 2 amide bonds. The summed E-state index contributed by atoms with van der Waals surface area (Å²) in [6, 6.07) is 18.0. The van der Waals surface area contributed by atoms with E-state index in [1.165, 1.54) is 30.5 Å². The molecule has 1 aliphatic rings. The Morgan fingerprint density at radius 2 is 1.82 bits per heavy atom. The van der Waals surface area contributed by atoms with E-state index in [0.29, 0.717) is 42.7 Å². The van der Waals surface area contributed by atoms with Crippen LogP contribution in [-0.2, 0) is 11.2 Å². The fourth-order valence-electron chi connectivity index (χ4n) is 4.85. The van der Waals surface area contributed by atoms with Crippen LogP contribution in [0.3, 0.4) is 0 Å². The number of halogens is 2. The van der Waals surface area contributed by atoms with Crippen molar-refractivity contribution in [3.05, 3.63) is 111 Å². The third kappa shape index (κ3) is 6.02. The summed E-state index contributed by atoms with van der Waals surface area (Å²) in [7, 11) is 0. The maximum absolute atomic E-state index is 14.8. The number of amides is 2. The van der Waals surface area contributed by atoms with Crippen molar-refractivity contribution in [2.24, 2.45) is 0 Å². The molecule has 1 aliphatic heterocycles. The zero-order valence-corrected chi connectivity index (χ0v) is 22.1. The van der Waals surface area contributed by atoms with Gasteiger partial charge in [-0.15, -0.1) is 0 Å². The van der Waals surface area contributed by atoms with E-state index in [9.17, 15) is 24.1 Å². The fourth-order valence-corrected chi connectivity index (χ4v) is 5.02. The van der Waals surface area contributed by atoms with Crippen molar-refractivity contribution in [1.29, 1.82) is 0 Å². The van der Waals surface area contributed by atoms with E-state index < -0.39 is 16.6 Å². The van der Waals surface area contributed by atoms with E-state index in [1.807, 2.05) is 30.3 Å². The molecule has 0 atom stereocenters. The first-order valence-electron chi connectivity index (χ1n) is 12.7. The lowest BCUT2D eigenvalue weighted by atomic mass is 10.0. The second-order valence-electron chi connectivity index (χ2n) is 9.55. The van der Waals surface area contributed by atoms with Crippen LogP contribution in [0.15, 0.2) is 79.1 Å². The minimum Gasteiger partial charge on any atom is -0.338 e. The van der Waals surface area contributed by atoms with Crippen LogP contribution in [0.4, 0.5) is 15.8 Å². The van der Waals surface area contributed by atoms with Gasteiger partial charge in [-0.1, -0.05) is 54.1 Å². The summed E-state index contributed by atoms with van der Waals surface area (Å²) < 4.78 is 16.5. The first kappa shape index (κ1) is 27.0. The summed E-state index contributed by atoms with van der Waals surface area (Å²) >= 11 is 5.84. The molecule has 2 heterocycles. The molecule has 0 radical (unpaired) electrons. The van der Waals surface area contributed by atoms with Gasteiger partial charge in [-0.05, 0) is 36.6 Å². The summed E-state index contributed by atoms with van der Waals surface area (Å²) in [5.41, 5.74) is 2.01. The van der Waals surface area contributed by atoms with E-state index in [4.69, 9.17) is 11.6 Å². The highest BCUT2D eigenvalue weighted by Crippen LogP contribution is 2.28. The highest BCUT2D eigenvalue weighted by molar-refractivity contribution is 6.30. The molecule has 0 unspecified atom stereocenters. The molecule has 5 rings (SSSR count). The van der Waals surface area contributed by atoms with Crippen molar-refractivity contribution in [1.82, 2.24) is 14.7 Å². The minimum atomic E-state index is -0.570. The lowest BCUT2D eigenvalue weighted by Gasteiger charge is -2.32. The van der Waals surface area contributed by atoms with Gasteiger partial charge in [0.25, 0.3) is 11.6 Å². The number of carbonyl (C=O) groups is 2. The molecule has 9 nitrogen and oxygen atoms in total. The number of nitro groups is 1. The first-order chi connectivity index (χ1) is 19.3. The van der Waals surface area contributed by atoms with Crippen LogP contribution in [0.1, 0.15) is 34.8 Å². The largest absolute Gasteiger partial charge is 0.338 e. The molecule has 0 aliphatic carbocycles. The molecule has 204 valence electrons. The van der Waals surface area contributed by atoms with Crippen LogP contribution in [0, 0.1) is 15.9 Å². The number of nitrogens with one attached hydrogen (secondary N) is 1. The van der Waals surface area contributed by atoms with Gasteiger partial charge in [0, 0.05) is 47.1 Å². The SMILES string of the molecule is O=C(Cc1ccc(Cl)cc1[N+](=O)[O-])Nc1cnn(C2CCN(C(=O)c3ccc(-c4ccccc4)c(F)c3)CC2)c1. The van der Waals surface area contributed by atoms with E-state index >= 15 is 0 Å². The summed E-state index contributed by atoms with van der Waals surface area (Å²) in [5, 5.41) is 18.6. The van der Waals surface area contributed by atoms with E-state index in [-0.39, 0.29) is 34.6 Å². The molecular weight excluding hydrogens is 537 g/mol. The second-order valence-corrected chi connectivity index (χ2v) is 9.98. The maximum atomic E-state index is 14.8. The van der Waals surface area contributed by atoms with Crippen molar-refractivity contribution in [2.45, 2.75) is 25.3 Å². The van der Waals surface area contributed by atoms with Crippen molar-refractivity contribution in [3.8, 4) is 11.1 Å². The Balaban J connectivity index is 1.16. The topological polar surface area (TPSA) is 110 Å². The average molecular weight is 562 g/mol. The number of piperidine rings is 1. The first-order valence-corrected chi connectivity index (χ1v) is 13.1. The summed E-state index contributed by atoms with van der Waals surface area (Å²) in [6.45, 7) is 0.959. The van der Waals surface area contributed by atoms with Crippen LogP contribution in [-0.4, -0.2) is 44.5 Å². The molecule has 1 aromatic heterocycles. The number of anilines is 1. The number of hydrogen-bond acceptors (Lipinski definition) is 5. The van der Waals surface area contributed by atoms with Crippen LogP contribution in [0.2, 0.25) is 5.02 Å². The smallest absolute Gasteiger partial charge is 0.274 e. The predicted octanol–water partition coefficient (Wildman–Crippen LogP) is 5.91. The zero-order chi connectivity index (χ0) is 28.2. The molecule has 0 spiro atoms. The van der Waals surface area contributed by atoms with Crippen LogP contribution < -0.4 is 5.32 Å². The third-order valence-electron chi connectivity index (χ3n) is 6.91. The van der Waals surface area contributed by atoms with Gasteiger partial charge in [0.15, 0.2) is 0 Å². The van der Waals surface area contributed by atoms with Gasteiger partial charge in [-0.25, -0.2) is 4.39 Å². The number of likely N-dealkylation sites (tertiary alicyclic amines) is 1. The summed E-state index contributed by atoms with van der Waals surface area (Å²) in [6.07, 6.45) is 4.31. The molecule has 11 heteroatoms. The van der Waals surface area contributed by atoms with E-state index in [2.05, 4.69) is 10.4 Å². The normalized spacial score (nSPS) is 13.7. The van der Waals surface area contributed by atoms with Crippen LogP contribution in [0.5, 0.6) is 0 Å². The van der Waals surface area contributed by atoms with Crippen molar-refractivity contribution >= 4 is 34.8 Å². The number of nitrogens with zero attached hydrogens (tertiary/aromatic N) is 4. The average Bonchev–Trinajstić information content (AvgIpc) is 3.42. The van der Waals surface area contributed by atoms with Crippen molar-refractivity contribution in [2.75, 3.05) is 18.4 Å². The number of nitro benzene ring substituents is 1. The standard InChI is InChI=1S/C29H25ClFN5O4/c30-22-8-6-20(27(16-22)36(39)40)15-28(37)33-23-17-32-35(18-23)24-10-12-34(13-11-24)29(38)21-7-9-25(26(31)14-21)19-4-2-1-3-5-19/h1-9,14,16-18,24H,10-13,15H2,(H,33,37). The highest BCUT2D eigenvalue weighted by atomic mass is 35.5.